The summed E-state index contributed by atoms with van der Waals surface area (Å²) in [5.41, 5.74) is 0.294. The van der Waals surface area contributed by atoms with Crippen molar-refractivity contribution in [2.75, 3.05) is 6.61 Å². The molecule has 0 bridgehead atoms. The Kier molecular flexibility index (Phi) is 4.05. The largest absolute Gasteiger partial charge is 0.460 e. The summed E-state index contributed by atoms with van der Waals surface area (Å²) < 4.78 is 7.23. The minimum Gasteiger partial charge on any atom is -0.460 e. The van der Waals surface area contributed by atoms with Gasteiger partial charge in [-0.2, -0.15) is 0 Å². The molecule has 2 aromatic heterocycles. The molecule has 3 rings (SSSR count). The van der Waals surface area contributed by atoms with Crippen LogP contribution in [0.15, 0.2) is 29.3 Å². The lowest BCUT2D eigenvalue weighted by atomic mass is 10.3. The van der Waals surface area contributed by atoms with Crippen LogP contribution in [0.2, 0.25) is 0 Å². The Morgan fingerprint density at radius 1 is 1.39 bits per heavy atom. The number of esters is 1. The van der Waals surface area contributed by atoms with Crippen LogP contribution in [0.4, 0.5) is 0 Å². The van der Waals surface area contributed by atoms with E-state index < -0.39 is 24.0 Å². The van der Waals surface area contributed by atoms with Crippen LogP contribution in [0.25, 0.3) is 11.4 Å². The molecule has 0 N–H and O–H groups in total. The predicted molar refractivity (Wildman–Crippen MR) is 79.6 cm³/mol. The number of Topliss-reactive ketones (excluding diaryl/α,β-unsaturated/α-hetero) is 1. The summed E-state index contributed by atoms with van der Waals surface area (Å²) in [5, 5.41) is 4.22. The summed E-state index contributed by atoms with van der Waals surface area (Å²) in [5.74, 6) is -1.29. The normalized spacial score (nSPS) is 13.8. The zero-order valence-corrected chi connectivity index (χ0v) is 12.6. The smallest absolute Gasteiger partial charge is 0.376 e. The van der Waals surface area contributed by atoms with Gasteiger partial charge >= 0.3 is 11.7 Å². The van der Waals surface area contributed by atoms with Gasteiger partial charge in [-0.3, -0.25) is 14.3 Å². The van der Waals surface area contributed by atoms with Crippen LogP contribution >= 0.6 is 0 Å². The third-order valence-corrected chi connectivity index (χ3v) is 3.50. The Balaban J connectivity index is 1.95. The van der Waals surface area contributed by atoms with Gasteiger partial charge in [-0.15, -0.1) is 5.10 Å². The van der Waals surface area contributed by atoms with E-state index in [-0.39, 0.29) is 12.6 Å². The summed E-state index contributed by atoms with van der Waals surface area (Å²) in [6.07, 6.45) is 5.03. The lowest BCUT2D eigenvalue weighted by Gasteiger charge is -2.02. The second kappa shape index (κ2) is 6.15. The highest BCUT2D eigenvalue weighted by Gasteiger charge is 2.31. The molecule has 1 aliphatic carbocycles. The molecule has 0 amide bonds. The van der Waals surface area contributed by atoms with Gasteiger partial charge in [-0.1, -0.05) is 0 Å². The van der Waals surface area contributed by atoms with Crippen molar-refractivity contribution in [2.45, 2.75) is 32.4 Å². The first kappa shape index (κ1) is 15.1. The van der Waals surface area contributed by atoms with Gasteiger partial charge in [-0.05, 0) is 31.9 Å². The molecule has 1 fully saturated rings. The maximum Gasteiger partial charge on any atom is 0.376 e. The summed E-state index contributed by atoms with van der Waals surface area (Å²) in [6.45, 7) is 1.29. The second-order valence-corrected chi connectivity index (χ2v) is 5.25. The maximum atomic E-state index is 12.5. The highest BCUT2D eigenvalue weighted by atomic mass is 16.5. The standard InChI is InChI=1S/C15H16N4O4/c1-2-23-14(21)12(20)9-18-15(22)19(11-5-6-11)13(17-18)10-4-3-7-16-8-10/h3-4,7-8,11H,2,5-6,9H2,1H3. The van der Waals surface area contributed by atoms with Crippen molar-refractivity contribution in [3.63, 3.8) is 0 Å². The molecule has 1 aliphatic rings. The van der Waals surface area contributed by atoms with Gasteiger partial charge in [0.15, 0.2) is 5.82 Å². The van der Waals surface area contributed by atoms with Crippen molar-refractivity contribution in [2.24, 2.45) is 0 Å². The molecule has 0 unspecified atom stereocenters. The van der Waals surface area contributed by atoms with E-state index in [1.165, 1.54) is 0 Å². The van der Waals surface area contributed by atoms with Gasteiger partial charge < -0.3 is 4.74 Å². The number of rotatable bonds is 6. The Hall–Kier alpha value is -2.77. The zero-order chi connectivity index (χ0) is 16.4. The predicted octanol–water partition coefficient (Wildman–Crippen LogP) is 0.574. The van der Waals surface area contributed by atoms with Crippen LogP contribution in [0.1, 0.15) is 25.8 Å². The van der Waals surface area contributed by atoms with Crippen LogP contribution in [0.3, 0.4) is 0 Å². The molecule has 0 atom stereocenters. The molecule has 1 saturated carbocycles. The lowest BCUT2D eigenvalue weighted by Crippen LogP contribution is -2.31. The fourth-order valence-corrected chi connectivity index (χ4v) is 2.29. The molecule has 2 heterocycles. The van der Waals surface area contributed by atoms with Crippen molar-refractivity contribution in [3.05, 3.63) is 35.0 Å². The number of pyridine rings is 1. The van der Waals surface area contributed by atoms with Crippen molar-refractivity contribution >= 4 is 11.8 Å². The first-order chi connectivity index (χ1) is 11.1. The van der Waals surface area contributed by atoms with Gasteiger partial charge in [0.1, 0.15) is 6.54 Å². The highest BCUT2D eigenvalue weighted by Crippen LogP contribution is 2.36. The van der Waals surface area contributed by atoms with Crippen molar-refractivity contribution < 1.29 is 14.3 Å². The number of ketones is 1. The van der Waals surface area contributed by atoms with E-state index in [1.54, 1.807) is 36.0 Å². The SMILES string of the molecule is CCOC(=O)C(=O)Cn1nc(-c2cccnc2)n(C2CC2)c1=O. The fourth-order valence-electron chi connectivity index (χ4n) is 2.29. The Labute approximate surface area is 131 Å². The quantitative estimate of drug-likeness (QED) is 0.571. The summed E-state index contributed by atoms with van der Waals surface area (Å²) in [6, 6.07) is 3.63. The summed E-state index contributed by atoms with van der Waals surface area (Å²) >= 11 is 0. The molecule has 23 heavy (non-hydrogen) atoms. The summed E-state index contributed by atoms with van der Waals surface area (Å²) in [4.78, 5) is 39.8. The van der Waals surface area contributed by atoms with E-state index in [1.807, 2.05) is 0 Å². The molecule has 8 heteroatoms. The van der Waals surface area contributed by atoms with Crippen LogP contribution in [0.5, 0.6) is 0 Å². The van der Waals surface area contributed by atoms with Crippen LogP contribution in [-0.2, 0) is 20.9 Å². The molecule has 0 radical (unpaired) electrons. The van der Waals surface area contributed by atoms with E-state index in [0.717, 1.165) is 17.5 Å². The molecule has 0 aliphatic heterocycles. The van der Waals surface area contributed by atoms with Crippen molar-refractivity contribution in [1.29, 1.82) is 0 Å². The highest BCUT2D eigenvalue weighted by molar-refractivity contribution is 6.33. The Bertz CT molecular complexity index is 790. The number of carbonyl (C=O) groups is 2. The number of ether oxygens (including phenoxy) is 1. The van der Waals surface area contributed by atoms with Gasteiger partial charge in [0.25, 0.3) is 5.78 Å². The minimum atomic E-state index is -0.955. The Morgan fingerprint density at radius 3 is 2.78 bits per heavy atom. The zero-order valence-electron chi connectivity index (χ0n) is 12.6. The molecular weight excluding hydrogens is 300 g/mol. The average molecular weight is 316 g/mol. The molecular formula is C15H16N4O4. The van der Waals surface area contributed by atoms with Crippen LogP contribution < -0.4 is 5.69 Å². The van der Waals surface area contributed by atoms with E-state index in [0.29, 0.717) is 11.4 Å². The first-order valence-electron chi connectivity index (χ1n) is 7.41. The van der Waals surface area contributed by atoms with Crippen molar-refractivity contribution in [1.82, 2.24) is 19.3 Å². The van der Waals surface area contributed by atoms with E-state index in [2.05, 4.69) is 14.8 Å². The fraction of sp³-hybridized carbons (Fsp3) is 0.400. The number of aromatic nitrogens is 4. The van der Waals surface area contributed by atoms with Crippen LogP contribution in [0, 0.1) is 0 Å². The van der Waals surface area contributed by atoms with Gasteiger partial charge in [0.2, 0.25) is 0 Å². The first-order valence-corrected chi connectivity index (χ1v) is 7.41. The van der Waals surface area contributed by atoms with E-state index in [4.69, 9.17) is 0 Å². The molecule has 120 valence electrons. The van der Waals surface area contributed by atoms with Crippen molar-refractivity contribution in [3.8, 4) is 11.4 Å². The molecule has 0 aromatic carbocycles. The Morgan fingerprint density at radius 2 is 2.17 bits per heavy atom. The average Bonchev–Trinajstić information content (AvgIpc) is 3.34. The molecule has 2 aromatic rings. The topological polar surface area (TPSA) is 96.1 Å². The third kappa shape index (κ3) is 3.05. The number of hydrogen-bond donors (Lipinski definition) is 0. The van der Waals surface area contributed by atoms with E-state index in [9.17, 15) is 14.4 Å². The monoisotopic (exact) mass is 316 g/mol. The minimum absolute atomic E-state index is 0.0872. The van der Waals surface area contributed by atoms with Gasteiger partial charge in [-0.25, -0.2) is 14.3 Å². The maximum absolute atomic E-state index is 12.5. The van der Waals surface area contributed by atoms with Gasteiger partial charge in [0.05, 0.1) is 6.61 Å². The van der Waals surface area contributed by atoms with E-state index >= 15 is 0 Å². The van der Waals surface area contributed by atoms with Gasteiger partial charge in [0, 0.05) is 24.0 Å². The summed E-state index contributed by atoms with van der Waals surface area (Å²) in [7, 11) is 0. The molecule has 0 spiro atoms. The lowest BCUT2D eigenvalue weighted by molar-refractivity contribution is -0.153. The second-order valence-electron chi connectivity index (χ2n) is 5.25. The number of carbonyl (C=O) groups excluding carboxylic acids is 2. The van der Waals surface area contributed by atoms with Crippen LogP contribution in [-0.4, -0.2) is 37.7 Å². The number of hydrogen-bond acceptors (Lipinski definition) is 6. The number of nitrogens with zero attached hydrogens (tertiary/aromatic N) is 4. The molecule has 8 nitrogen and oxygen atoms in total. The third-order valence-electron chi connectivity index (χ3n) is 3.50. The molecule has 0 saturated heterocycles.